The summed E-state index contributed by atoms with van der Waals surface area (Å²) >= 11 is 0. The van der Waals surface area contributed by atoms with Crippen molar-refractivity contribution in [3.05, 3.63) is 68.6 Å². The summed E-state index contributed by atoms with van der Waals surface area (Å²) in [5.41, 5.74) is 4.11. The van der Waals surface area contributed by atoms with Crippen molar-refractivity contribution in [3.63, 3.8) is 0 Å². The van der Waals surface area contributed by atoms with E-state index in [-0.39, 0.29) is 5.75 Å². The highest BCUT2D eigenvalue weighted by Gasteiger charge is 2.08. The predicted octanol–water partition coefficient (Wildman–Crippen LogP) is 0.725. The largest absolute Gasteiger partial charge is 0.507 e. The molecule has 0 radical (unpaired) electrons. The van der Waals surface area contributed by atoms with Crippen LogP contribution in [-0.4, -0.2) is 22.2 Å². The van der Waals surface area contributed by atoms with Crippen molar-refractivity contribution in [2.45, 2.75) is 13.8 Å². The van der Waals surface area contributed by atoms with E-state index < -0.39 is 0 Å². The summed E-state index contributed by atoms with van der Waals surface area (Å²) < 4.78 is 5.51. The normalized spacial score (nSPS) is 15.7. The van der Waals surface area contributed by atoms with E-state index in [0.29, 0.717) is 0 Å². The van der Waals surface area contributed by atoms with Crippen LogP contribution >= 0.6 is 0 Å². The molecule has 0 spiro atoms. The van der Waals surface area contributed by atoms with Gasteiger partial charge in [0.25, 0.3) is 0 Å². The minimum atomic E-state index is 0.235. The molecule has 3 N–H and O–H groups in total. The molecule has 5 nitrogen and oxygen atoms in total. The van der Waals surface area contributed by atoms with E-state index in [1.54, 1.807) is 19.2 Å². The number of rotatable bonds is 2. The first-order valence-electron chi connectivity index (χ1n) is 8.09. The minimum Gasteiger partial charge on any atom is -0.507 e. The lowest BCUT2D eigenvalue weighted by Gasteiger charge is -1.94. The average Bonchev–Trinajstić information content (AvgIpc) is 3.25. The van der Waals surface area contributed by atoms with Crippen LogP contribution in [0.2, 0.25) is 0 Å². The molecule has 5 heteroatoms. The molecular formula is C20H19N3O2. The summed E-state index contributed by atoms with van der Waals surface area (Å²) in [5.74, 6) is 0.983. The number of aryl methyl sites for hydroxylation is 2. The summed E-state index contributed by atoms with van der Waals surface area (Å²) in [6, 6.07) is 9.38. The van der Waals surface area contributed by atoms with Crippen LogP contribution in [0.15, 0.2) is 35.3 Å². The Morgan fingerprint density at radius 3 is 2.68 bits per heavy atom. The third-order valence-electron chi connectivity index (χ3n) is 4.37. The number of benzene rings is 1. The second-order valence-electron chi connectivity index (χ2n) is 6.21. The monoisotopic (exact) mass is 333 g/mol. The zero-order valence-corrected chi connectivity index (χ0v) is 14.3. The number of H-pyrrole nitrogens is 2. The van der Waals surface area contributed by atoms with Gasteiger partial charge in [0.2, 0.25) is 0 Å². The molecule has 2 aromatic heterocycles. The van der Waals surface area contributed by atoms with Crippen LogP contribution in [0.3, 0.4) is 0 Å². The van der Waals surface area contributed by atoms with Gasteiger partial charge in [0.05, 0.1) is 28.9 Å². The van der Waals surface area contributed by atoms with Crippen LogP contribution in [0.25, 0.3) is 17.8 Å². The summed E-state index contributed by atoms with van der Waals surface area (Å²) in [7, 11) is 1.65. The number of hydrogen-bond acceptors (Lipinski definition) is 3. The van der Waals surface area contributed by atoms with Gasteiger partial charge in [0, 0.05) is 22.7 Å². The van der Waals surface area contributed by atoms with Crippen LogP contribution in [0.1, 0.15) is 17.0 Å². The highest BCUT2D eigenvalue weighted by Crippen LogP contribution is 2.11. The van der Waals surface area contributed by atoms with Crippen LogP contribution in [0.4, 0.5) is 0 Å². The van der Waals surface area contributed by atoms with Crippen LogP contribution < -0.4 is 26.0 Å². The molecule has 4 rings (SSSR count). The second kappa shape index (κ2) is 5.70. The maximum absolute atomic E-state index is 9.98. The van der Waals surface area contributed by atoms with Crippen molar-refractivity contribution >= 4 is 17.8 Å². The van der Waals surface area contributed by atoms with Crippen LogP contribution in [0, 0.1) is 13.8 Å². The first-order valence-corrected chi connectivity index (χ1v) is 8.09. The highest BCUT2D eigenvalue weighted by atomic mass is 16.5. The van der Waals surface area contributed by atoms with Crippen LogP contribution in [0.5, 0.6) is 11.5 Å². The fourth-order valence-corrected chi connectivity index (χ4v) is 3.13. The summed E-state index contributed by atoms with van der Waals surface area (Å²) in [4.78, 5) is 11.3. The standard InChI is InChI=1S/C20H19N3O2/c1-11-7-12(2)21-15(11)9-18-20(25-3)10-17(23-18)16-8-13-14(22-16)5-4-6-19(13)24/h4-10,21,23-24H,1-3H3/b17-16-,18-9-. The van der Waals surface area contributed by atoms with E-state index in [1.807, 2.05) is 31.2 Å². The highest BCUT2D eigenvalue weighted by molar-refractivity contribution is 5.77. The maximum Gasteiger partial charge on any atom is 0.144 e. The zero-order chi connectivity index (χ0) is 17.6. The molecule has 0 saturated carbocycles. The number of aromatic amines is 2. The molecule has 3 aromatic rings. The number of hydrogen-bond donors (Lipinski definition) is 3. The van der Waals surface area contributed by atoms with Gasteiger partial charge in [-0.25, -0.2) is 4.99 Å². The molecule has 0 atom stereocenters. The Labute approximate surface area is 144 Å². The van der Waals surface area contributed by atoms with E-state index in [9.17, 15) is 5.11 Å². The van der Waals surface area contributed by atoms with E-state index in [2.05, 4.69) is 28.0 Å². The van der Waals surface area contributed by atoms with Crippen molar-refractivity contribution in [2.75, 3.05) is 7.11 Å². The number of fused-ring (bicyclic) bond motifs is 1. The smallest absolute Gasteiger partial charge is 0.144 e. The first kappa shape index (κ1) is 15.3. The quantitative estimate of drug-likeness (QED) is 0.647. The molecule has 0 fully saturated rings. The zero-order valence-electron chi connectivity index (χ0n) is 14.3. The van der Waals surface area contributed by atoms with Gasteiger partial charge in [-0.1, -0.05) is 6.07 Å². The molecule has 3 heterocycles. The Morgan fingerprint density at radius 1 is 1.16 bits per heavy atom. The number of phenols is 1. The van der Waals surface area contributed by atoms with E-state index in [0.717, 1.165) is 44.1 Å². The van der Waals surface area contributed by atoms with Gasteiger partial charge in [-0.3, -0.25) is 0 Å². The lowest BCUT2D eigenvalue weighted by molar-refractivity contribution is 0.412. The van der Waals surface area contributed by atoms with Gasteiger partial charge in [-0.05, 0) is 49.8 Å². The summed E-state index contributed by atoms with van der Waals surface area (Å²) in [6.07, 6.45) is 3.91. The third-order valence-corrected chi connectivity index (χ3v) is 4.37. The number of methoxy groups -OCH3 is 1. The van der Waals surface area contributed by atoms with Gasteiger partial charge in [0.15, 0.2) is 0 Å². The molecular weight excluding hydrogens is 314 g/mol. The van der Waals surface area contributed by atoms with Gasteiger partial charge in [-0.2, -0.15) is 0 Å². The van der Waals surface area contributed by atoms with E-state index in [4.69, 9.17) is 4.74 Å². The third kappa shape index (κ3) is 2.63. The Bertz CT molecular complexity index is 1210. The van der Waals surface area contributed by atoms with Gasteiger partial charge < -0.3 is 19.8 Å². The first-order chi connectivity index (χ1) is 12.0. The molecule has 1 aromatic carbocycles. The van der Waals surface area contributed by atoms with Crippen molar-refractivity contribution < 1.29 is 9.84 Å². The number of phenolic OH excluding ortho intramolecular Hbond substituents is 1. The van der Waals surface area contributed by atoms with Crippen molar-refractivity contribution in [2.24, 2.45) is 4.99 Å². The lowest BCUT2D eigenvalue weighted by atomic mass is 10.2. The number of aromatic nitrogens is 2. The van der Waals surface area contributed by atoms with Crippen molar-refractivity contribution in [1.82, 2.24) is 9.97 Å². The molecule has 1 aliphatic heterocycles. The Morgan fingerprint density at radius 2 is 2.00 bits per heavy atom. The number of ether oxygens (including phenoxy) is 1. The minimum absolute atomic E-state index is 0.235. The molecule has 126 valence electrons. The maximum atomic E-state index is 9.98. The van der Waals surface area contributed by atoms with Crippen molar-refractivity contribution in [1.29, 1.82) is 0 Å². The molecule has 1 aliphatic rings. The fourth-order valence-electron chi connectivity index (χ4n) is 3.13. The number of nitrogens with zero attached hydrogens (tertiary/aromatic N) is 1. The summed E-state index contributed by atoms with van der Waals surface area (Å²) in [5, 5.41) is 13.2. The second-order valence-corrected chi connectivity index (χ2v) is 6.21. The Kier molecular flexibility index (Phi) is 3.50. The number of aromatic hydroxyl groups is 1. The molecule has 25 heavy (non-hydrogen) atoms. The Hall–Kier alpha value is -3.21. The SMILES string of the molecule is COc1c/c(=C2\C=c3c(O)cccc3=N2)[nH]/c1=C\c1[nH]c(C)cc1C. The average molecular weight is 333 g/mol. The predicted molar refractivity (Wildman–Crippen MR) is 97.2 cm³/mol. The molecule has 0 unspecified atom stereocenters. The van der Waals surface area contributed by atoms with Crippen LogP contribution in [-0.2, 0) is 0 Å². The van der Waals surface area contributed by atoms with Gasteiger partial charge in [0.1, 0.15) is 11.5 Å². The Balaban J connectivity index is 1.94. The fraction of sp³-hybridized carbons (Fsp3) is 0.150. The van der Waals surface area contributed by atoms with E-state index in [1.165, 1.54) is 5.56 Å². The molecule has 0 bridgehead atoms. The van der Waals surface area contributed by atoms with Gasteiger partial charge in [-0.15, -0.1) is 0 Å². The molecule has 0 amide bonds. The molecule has 0 saturated heterocycles. The lowest BCUT2D eigenvalue weighted by Crippen LogP contribution is -2.20. The number of nitrogens with one attached hydrogen (secondary N) is 2. The van der Waals surface area contributed by atoms with Gasteiger partial charge >= 0.3 is 0 Å². The van der Waals surface area contributed by atoms with Crippen molar-refractivity contribution in [3.8, 4) is 11.5 Å². The molecule has 0 aliphatic carbocycles. The summed E-state index contributed by atoms with van der Waals surface area (Å²) in [6.45, 7) is 4.10. The topological polar surface area (TPSA) is 73.4 Å². The van der Waals surface area contributed by atoms with E-state index >= 15 is 0 Å².